The molecular weight excluding hydrogens is 382 g/mol. The molecule has 1 aliphatic heterocycles. The molecule has 0 radical (unpaired) electrons. The zero-order valence-electron chi connectivity index (χ0n) is 18.5. The lowest BCUT2D eigenvalue weighted by Crippen LogP contribution is -2.46. The van der Waals surface area contributed by atoms with Crippen LogP contribution in [0.3, 0.4) is 0 Å². The Morgan fingerprint density at radius 1 is 1.24 bits per heavy atom. The summed E-state index contributed by atoms with van der Waals surface area (Å²) in [6, 6.07) is 6.83. The summed E-state index contributed by atoms with van der Waals surface area (Å²) in [6.45, 7) is 8.75. The van der Waals surface area contributed by atoms with Crippen LogP contribution in [-0.4, -0.2) is 61.7 Å². The first-order chi connectivity index (χ1) is 14.0. The molecule has 0 unspecified atom stereocenters. The average molecular weight is 418 g/mol. The standard InChI is InChI=1S/C23H35N3O2S/c1-17(2)20-16-29-23(24-20)15-26-11-6-7-19(14-26)25(3)12-10-18-8-9-21(27-4)22(13-18)28-5/h8-9,13,16-17,19H,6-7,10-12,14-15H2,1-5H3/t19-/m0/s1. The lowest BCUT2D eigenvalue weighted by atomic mass is 10.0. The van der Waals surface area contributed by atoms with E-state index in [-0.39, 0.29) is 0 Å². The van der Waals surface area contributed by atoms with Gasteiger partial charge in [0.1, 0.15) is 5.01 Å². The number of aromatic nitrogens is 1. The second-order valence-electron chi connectivity index (χ2n) is 8.27. The van der Waals surface area contributed by atoms with Crippen LogP contribution in [0.15, 0.2) is 23.6 Å². The van der Waals surface area contributed by atoms with Crippen molar-refractivity contribution in [2.45, 2.75) is 51.6 Å². The number of ether oxygens (including phenoxy) is 2. The quantitative estimate of drug-likeness (QED) is 0.604. The molecular formula is C23H35N3O2S. The van der Waals surface area contributed by atoms with E-state index in [1.54, 1.807) is 25.6 Å². The molecule has 3 rings (SSSR count). The molecule has 1 fully saturated rings. The molecule has 0 aliphatic carbocycles. The van der Waals surface area contributed by atoms with Crippen LogP contribution in [0.5, 0.6) is 11.5 Å². The Labute approximate surface area is 179 Å². The summed E-state index contributed by atoms with van der Waals surface area (Å²) < 4.78 is 10.8. The number of likely N-dealkylation sites (tertiary alicyclic amines) is 1. The van der Waals surface area contributed by atoms with Gasteiger partial charge in [0.15, 0.2) is 11.5 Å². The van der Waals surface area contributed by atoms with E-state index in [2.05, 4.69) is 48.2 Å². The number of hydrogen-bond acceptors (Lipinski definition) is 6. The number of rotatable bonds is 9. The minimum atomic E-state index is 0.511. The minimum Gasteiger partial charge on any atom is -0.493 e. The van der Waals surface area contributed by atoms with Gasteiger partial charge in [0.2, 0.25) is 0 Å². The number of hydrogen-bond donors (Lipinski definition) is 0. The fourth-order valence-electron chi connectivity index (χ4n) is 3.91. The van der Waals surface area contributed by atoms with E-state index >= 15 is 0 Å². The summed E-state index contributed by atoms with van der Waals surface area (Å²) in [5.41, 5.74) is 2.51. The van der Waals surface area contributed by atoms with Crippen molar-refractivity contribution in [3.05, 3.63) is 39.8 Å². The van der Waals surface area contributed by atoms with Crippen LogP contribution < -0.4 is 9.47 Å². The highest BCUT2D eigenvalue weighted by atomic mass is 32.1. The van der Waals surface area contributed by atoms with Gasteiger partial charge in [-0.05, 0) is 56.5 Å². The zero-order chi connectivity index (χ0) is 20.8. The van der Waals surface area contributed by atoms with Crippen LogP contribution in [0.1, 0.15) is 48.9 Å². The van der Waals surface area contributed by atoms with Crippen LogP contribution in [0.2, 0.25) is 0 Å². The van der Waals surface area contributed by atoms with Gasteiger partial charge in [0, 0.05) is 24.5 Å². The third-order valence-corrected chi connectivity index (χ3v) is 6.68. The largest absolute Gasteiger partial charge is 0.493 e. The van der Waals surface area contributed by atoms with Gasteiger partial charge in [-0.3, -0.25) is 4.90 Å². The molecule has 1 aromatic heterocycles. The van der Waals surface area contributed by atoms with E-state index in [1.807, 2.05) is 6.07 Å². The third-order valence-electron chi connectivity index (χ3n) is 5.83. The Morgan fingerprint density at radius 3 is 2.72 bits per heavy atom. The maximum absolute atomic E-state index is 5.44. The van der Waals surface area contributed by atoms with Crippen molar-refractivity contribution < 1.29 is 9.47 Å². The van der Waals surface area contributed by atoms with Gasteiger partial charge in [0.25, 0.3) is 0 Å². The first-order valence-corrected chi connectivity index (χ1v) is 11.5. The molecule has 1 aliphatic rings. The lowest BCUT2D eigenvalue weighted by Gasteiger charge is -2.37. The number of methoxy groups -OCH3 is 2. The maximum atomic E-state index is 5.44. The number of piperidine rings is 1. The molecule has 0 amide bonds. The Hall–Kier alpha value is -1.63. The zero-order valence-corrected chi connectivity index (χ0v) is 19.3. The van der Waals surface area contributed by atoms with Gasteiger partial charge in [-0.2, -0.15) is 0 Å². The average Bonchev–Trinajstić information content (AvgIpc) is 3.20. The molecule has 5 nitrogen and oxygen atoms in total. The number of thiazole rings is 1. The first-order valence-electron chi connectivity index (χ1n) is 10.6. The summed E-state index contributed by atoms with van der Waals surface area (Å²) in [5.74, 6) is 2.10. The van der Waals surface area contributed by atoms with E-state index in [9.17, 15) is 0 Å². The maximum Gasteiger partial charge on any atom is 0.160 e. The summed E-state index contributed by atoms with van der Waals surface area (Å²) in [4.78, 5) is 9.91. The Morgan fingerprint density at radius 2 is 2.03 bits per heavy atom. The molecule has 0 N–H and O–H groups in total. The minimum absolute atomic E-state index is 0.511. The number of nitrogens with zero attached hydrogens (tertiary/aromatic N) is 3. The second kappa shape index (κ2) is 10.4. The Kier molecular flexibility index (Phi) is 7.92. The van der Waals surface area contributed by atoms with Crippen LogP contribution >= 0.6 is 11.3 Å². The van der Waals surface area contributed by atoms with Crippen molar-refractivity contribution in [1.82, 2.24) is 14.8 Å². The SMILES string of the molecule is COc1ccc(CCN(C)[C@H]2CCCN(Cc3nc(C(C)C)cs3)C2)cc1OC. The summed E-state index contributed by atoms with van der Waals surface area (Å²) >= 11 is 1.81. The monoisotopic (exact) mass is 417 g/mol. The summed E-state index contributed by atoms with van der Waals surface area (Å²) in [7, 11) is 5.63. The molecule has 160 valence electrons. The smallest absolute Gasteiger partial charge is 0.160 e. The van der Waals surface area contributed by atoms with E-state index in [0.717, 1.165) is 37.6 Å². The van der Waals surface area contributed by atoms with Gasteiger partial charge in [-0.25, -0.2) is 4.98 Å². The fraction of sp³-hybridized carbons (Fsp3) is 0.609. The molecule has 29 heavy (non-hydrogen) atoms. The number of benzene rings is 1. The first kappa shape index (κ1) is 22.1. The second-order valence-corrected chi connectivity index (χ2v) is 9.21. The molecule has 6 heteroatoms. The predicted molar refractivity (Wildman–Crippen MR) is 120 cm³/mol. The molecule has 2 aromatic rings. The van der Waals surface area contributed by atoms with E-state index < -0.39 is 0 Å². The molecule has 0 spiro atoms. The normalized spacial score (nSPS) is 17.8. The molecule has 1 atom stereocenters. The van der Waals surface area contributed by atoms with Gasteiger partial charge in [0.05, 0.1) is 26.5 Å². The summed E-state index contributed by atoms with van der Waals surface area (Å²) in [6.07, 6.45) is 3.54. The highest BCUT2D eigenvalue weighted by Crippen LogP contribution is 2.28. The molecule has 0 bridgehead atoms. The van der Waals surface area contributed by atoms with Crippen molar-refractivity contribution >= 4 is 11.3 Å². The topological polar surface area (TPSA) is 37.8 Å². The van der Waals surface area contributed by atoms with Gasteiger partial charge in [-0.15, -0.1) is 11.3 Å². The van der Waals surface area contributed by atoms with Gasteiger partial charge in [-0.1, -0.05) is 19.9 Å². The van der Waals surface area contributed by atoms with Gasteiger partial charge >= 0.3 is 0 Å². The fourth-order valence-corrected chi connectivity index (χ4v) is 4.91. The van der Waals surface area contributed by atoms with Crippen molar-refractivity contribution in [2.75, 3.05) is 40.9 Å². The van der Waals surface area contributed by atoms with Gasteiger partial charge < -0.3 is 14.4 Å². The van der Waals surface area contributed by atoms with Crippen LogP contribution in [0.25, 0.3) is 0 Å². The van der Waals surface area contributed by atoms with Crippen molar-refractivity contribution in [3.8, 4) is 11.5 Å². The molecule has 1 aromatic carbocycles. The van der Waals surface area contributed by atoms with Crippen molar-refractivity contribution in [2.24, 2.45) is 0 Å². The lowest BCUT2D eigenvalue weighted by molar-refractivity contribution is 0.112. The highest BCUT2D eigenvalue weighted by molar-refractivity contribution is 7.09. The molecule has 2 heterocycles. The third kappa shape index (κ3) is 5.93. The van der Waals surface area contributed by atoms with E-state index in [1.165, 1.54) is 35.7 Å². The Bertz CT molecular complexity index is 777. The van der Waals surface area contributed by atoms with Crippen molar-refractivity contribution in [3.63, 3.8) is 0 Å². The van der Waals surface area contributed by atoms with Crippen LogP contribution in [-0.2, 0) is 13.0 Å². The van der Waals surface area contributed by atoms with Crippen LogP contribution in [0.4, 0.5) is 0 Å². The van der Waals surface area contributed by atoms with E-state index in [0.29, 0.717) is 12.0 Å². The van der Waals surface area contributed by atoms with E-state index in [4.69, 9.17) is 14.5 Å². The van der Waals surface area contributed by atoms with Crippen LogP contribution in [0, 0.1) is 0 Å². The number of likely N-dealkylation sites (N-methyl/N-ethyl adjacent to an activating group) is 1. The summed E-state index contributed by atoms with van der Waals surface area (Å²) in [5, 5.41) is 3.47. The Balaban J connectivity index is 1.52. The molecule has 1 saturated heterocycles. The predicted octanol–water partition coefficient (Wildman–Crippen LogP) is 4.42. The molecule has 0 saturated carbocycles. The highest BCUT2D eigenvalue weighted by Gasteiger charge is 2.24. The van der Waals surface area contributed by atoms with Crippen molar-refractivity contribution in [1.29, 1.82) is 0 Å².